The van der Waals surface area contributed by atoms with Crippen LogP contribution in [0.3, 0.4) is 0 Å². The summed E-state index contributed by atoms with van der Waals surface area (Å²) in [6.45, 7) is 4.03. The van der Waals surface area contributed by atoms with Crippen LogP contribution in [0, 0.1) is 12.8 Å². The van der Waals surface area contributed by atoms with Crippen molar-refractivity contribution in [3.05, 3.63) is 46.6 Å². The number of hydrazine groups is 1. The van der Waals surface area contributed by atoms with E-state index in [1.165, 1.54) is 10.2 Å². The molecule has 2 aliphatic heterocycles. The Kier molecular flexibility index (Phi) is 4.92. The second-order valence-electron chi connectivity index (χ2n) is 7.02. The molecule has 0 aliphatic carbocycles. The van der Waals surface area contributed by atoms with E-state index in [2.05, 4.69) is 34.6 Å². The van der Waals surface area contributed by atoms with Crippen molar-refractivity contribution in [2.75, 3.05) is 24.8 Å². The lowest BCUT2D eigenvalue weighted by Crippen LogP contribution is -2.43. The number of anilines is 1. The van der Waals surface area contributed by atoms with Crippen molar-refractivity contribution in [2.24, 2.45) is 11.8 Å². The minimum absolute atomic E-state index is 0.0764. The molecule has 140 valence electrons. The Morgan fingerprint density at radius 1 is 1.26 bits per heavy atom. The summed E-state index contributed by atoms with van der Waals surface area (Å²) in [6.07, 6.45) is 7.27. The molecule has 0 saturated carbocycles. The van der Waals surface area contributed by atoms with Crippen LogP contribution >= 0.6 is 0 Å². The summed E-state index contributed by atoms with van der Waals surface area (Å²) in [5, 5.41) is 6.84. The highest BCUT2D eigenvalue weighted by Gasteiger charge is 2.26. The van der Waals surface area contributed by atoms with Gasteiger partial charge in [0.25, 0.3) is 0 Å². The SMILES string of the molecule is Cc1ncc(N(N)C(=O)C2CCOCC2)cc1-c1ccc2c(c1)=CNCC=2. The predicted molar refractivity (Wildman–Crippen MR) is 106 cm³/mol. The summed E-state index contributed by atoms with van der Waals surface area (Å²) in [7, 11) is 0. The Morgan fingerprint density at radius 3 is 2.89 bits per heavy atom. The minimum atomic E-state index is -0.0894. The number of rotatable bonds is 3. The van der Waals surface area contributed by atoms with E-state index in [9.17, 15) is 4.79 Å². The third kappa shape index (κ3) is 3.59. The van der Waals surface area contributed by atoms with Crippen LogP contribution in [0.2, 0.25) is 0 Å². The maximum atomic E-state index is 12.7. The Balaban J connectivity index is 1.66. The zero-order valence-corrected chi connectivity index (χ0v) is 15.4. The van der Waals surface area contributed by atoms with Gasteiger partial charge in [0.15, 0.2) is 0 Å². The number of hydrogen-bond donors (Lipinski definition) is 2. The summed E-state index contributed by atoms with van der Waals surface area (Å²) in [5.74, 6) is 5.99. The van der Waals surface area contributed by atoms with Crippen LogP contribution in [0.5, 0.6) is 0 Å². The fourth-order valence-electron chi connectivity index (χ4n) is 3.61. The molecule has 6 heteroatoms. The molecule has 3 N–H and O–H groups in total. The van der Waals surface area contributed by atoms with Crippen molar-refractivity contribution in [1.82, 2.24) is 10.3 Å². The van der Waals surface area contributed by atoms with Crippen LogP contribution in [0.25, 0.3) is 23.4 Å². The quantitative estimate of drug-likeness (QED) is 0.479. The summed E-state index contributed by atoms with van der Waals surface area (Å²) >= 11 is 0. The van der Waals surface area contributed by atoms with Gasteiger partial charge in [-0.15, -0.1) is 0 Å². The second kappa shape index (κ2) is 7.50. The van der Waals surface area contributed by atoms with Gasteiger partial charge >= 0.3 is 0 Å². The van der Waals surface area contributed by atoms with E-state index in [4.69, 9.17) is 10.6 Å². The smallest absolute Gasteiger partial charge is 0.244 e. The highest BCUT2D eigenvalue weighted by molar-refractivity contribution is 5.94. The average molecular weight is 364 g/mol. The molecule has 2 aromatic rings. The van der Waals surface area contributed by atoms with Crippen LogP contribution in [-0.2, 0) is 9.53 Å². The molecule has 0 unspecified atom stereocenters. The largest absolute Gasteiger partial charge is 0.387 e. The molecule has 6 nitrogen and oxygen atoms in total. The number of ether oxygens (including phenoxy) is 1. The number of hydrogen-bond acceptors (Lipinski definition) is 5. The van der Waals surface area contributed by atoms with Crippen molar-refractivity contribution in [1.29, 1.82) is 0 Å². The van der Waals surface area contributed by atoms with E-state index >= 15 is 0 Å². The molecule has 0 atom stereocenters. The fraction of sp³-hybridized carbons (Fsp3) is 0.333. The number of carbonyl (C=O) groups excluding carboxylic acids is 1. The van der Waals surface area contributed by atoms with Gasteiger partial charge in [-0.2, -0.15) is 0 Å². The standard InChI is InChI=1S/C21H24N4O2/c1-14-20(17-3-2-15-4-7-23-12-18(15)10-17)11-19(13-24-14)25(22)21(26)16-5-8-27-9-6-16/h2-4,10-13,16,23H,5-9,22H2,1H3. The zero-order valence-electron chi connectivity index (χ0n) is 15.4. The Hall–Kier alpha value is -2.70. The summed E-state index contributed by atoms with van der Waals surface area (Å²) < 4.78 is 5.34. The van der Waals surface area contributed by atoms with Gasteiger partial charge in [0.2, 0.25) is 5.91 Å². The first kappa shape index (κ1) is 17.7. The van der Waals surface area contributed by atoms with E-state index in [0.29, 0.717) is 31.7 Å². The van der Waals surface area contributed by atoms with Crippen LogP contribution in [0.1, 0.15) is 18.5 Å². The second-order valence-corrected chi connectivity index (χ2v) is 7.02. The molecule has 27 heavy (non-hydrogen) atoms. The van der Waals surface area contributed by atoms with Crippen LogP contribution < -0.4 is 26.6 Å². The Morgan fingerprint density at radius 2 is 2.07 bits per heavy atom. The molecule has 2 aliphatic rings. The summed E-state index contributed by atoms with van der Waals surface area (Å²) in [5.41, 5.74) is 3.54. The number of pyridine rings is 1. The van der Waals surface area contributed by atoms with Crippen molar-refractivity contribution in [2.45, 2.75) is 19.8 Å². The normalized spacial score (nSPS) is 16.5. The topological polar surface area (TPSA) is 80.5 Å². The molecule has 1 saturated heterocycles. The van der Waals surface area contributed by atoms with E-state index in [1.807, 2.05) is 19.2 Å². The molecule has 1 fully saturated rings. The maximum absolute atomic E-state index is 12.7. The van der Waals surface area contributed by atoms with E-state index in [1.54, 1.807) is 6.20 Å². The molecule has 0 bridgehead atoms. The van der Waals surface area contributed by atoms with E-state index in [0.717, 1.165) is 28.6 Å². The molecule has 1 amide bonds. The zero-order chi connectivity index (χ0) is 18.8. The van der Waals surface area contributed by atoms with Gasteiger partial charge in [0, 0.05) is 43.1 Å². The van der Waals surface area contributed by atoms with Crippen LogP contribution in [0.4, 0.5) is 5.69 Å². The number of amides is 1. The average Bonchev–Trinajstić information content (AvgIpc) is 2.73. The van der Waals surface area contributed by atoms with E-state index in [-0.39, 0.29) is 11.8 Å². The van der Waals surface area contributed by atoms with Gasteiger partial charge in [-0.3, -0.25) is 9.78 Å². The van der Waals surface area contributed by atoms with Crippen molar-refractivity contribution >= 4 is 23.9 Å². The highest BCUT2D eigenvalue weighted by atomic mass is 16.5. The first-order valence-corrected chi connectivity index (χ1v) is 9.31. The molecule has 0 radical (unpaired) electrons. The fourth-order valence-corrected chi connectivity index (χ4v) is 3.61. The third-order valence-electron chi connectivity index (χ3n) is 5.25. The molecular formula is C21H24N4O2. The van der Waals surface area contributed by atoms with Crippen molar-refractivity contribution in [3.63, 3.8) is 0 Å². The number of benzene rings is 1. The van der Waals surface area contributed by atoms with Gasteiger partial charge in [-0.1, -0.05) is 18.2 Å². The number of nitrogens with one attached hydrogen (secondary N) is 1. The van der Waals surface area contributed by atoms with Crippen LogP contribution in [-0.4, -0.2) is 30.6 Å². The van der Waals surface area contributed by atoms with E-state index < -0.39 is 0 Å². The first-order valence-electron chi connectivity index (χ1n) is 9.31. The maximum Gasteiger partial charge on any atom is 0.244 e. The number of nitrogens with zero attached hydrogens (tertiary/aromatic N) is 2. The van der Waals surface area contributed by atoms with Gasteiger partial charge in [0.1, 0.15) is 0 Å². The number of carbonyl (C=O) groups is 1. The first-order chi connectivity index (χ1) is 13.1. The Labute approximate surface area is 158 Å². The molecule has 3 heterocycles. The number of aromatic nitrogens is 1. The summed E-state index contributed by atoms with van der Waals surface area (Å²) in [6, 6.07) is 8.28. The molecule has 0 spiro atoms. The summed E-state index contributed by atoms with van der Waals surface area (Å²) in [4.78, 5) is 17.2. The minimum Gasteiger partial charge on any atom is -0.387 e. The molecule has 1 aromatic heterocycles. The Bertz CT molecular complexity index is 980. The van der Waals surface area contributed by atoms with Crippen LogP contribution in [0.15, 0.2) is 30.5 Å². The molecular weight excluding hydrogens is 340 g/mol. The number of nitrogens with two attached hydrogens (primary N) is 1. The number of aryl methyl sites for hydroxylation is 1. The third-order valence-corrected chi connectivity index (χ3v) is 5.25. The lowest BCUT2D eigenvalue weighted by molar-refractivity contribution is -0.125. The number of fused-ring (bicyclic) bond motifs is 1. The van der Waals surface area contributed by atoms with Crippen molar-refractivity contribution < 1.29 is 9.53 Å². The molecule has 4 rings (SSSR count). The lowest BCUT2D eigenvalue weighted by atomic mass is 9.98. The lowest BCUT2D eigenvalue weighted by Gasteiger charge is -2.26. The van der Waals surface area contributed by atoms with Crippen molar-refractivity contribution in [3.8, 4) is 11.1 Å². The van der Waals surface area contributed by atoms with Gasteiger partial charge in [0.05, 0.1) is 11.9 Å². The molecule has 1 aromatic carbocycles. The van der Waals surface area contributed by atoms with Gasteiger partial charge in [-0.25, -0.2) is 10.9 Å². The van der Waals surface area contributed by atoms with Gasteiger partial charge < -0.3 is 10.1 Å². The van der Waals surface area contributed by atoms with Gasteiger partial charge in [-0.05, 0) is 47.9 Å². The monoisotopic (exact) mass is 364 g/mol. The highest BCUT2D eigenvalue weighted by Crippen LogP contribution is 2.26. The predicted octanol–water partition coefficient (Wildman–Crippen LogP) is 0.812.